The molecule has 1 aromatic carbocycles. The number of aliphatic carboxylic acids is 1. The Hall–Kier alpha value is -2.24. The smallest absolute Gasteiger partial charge is 0.407 e. The van der Waals surface area contributed by atoms with Crippen LogP contribution in [0.15, 0.2) is 24.3 Å². The van der Waals surface area contributed by atoms with Crippen molar-refractivity contribution in [1.82, 2.24) is 5.32 Å². The number of ether oxygens (including phenoxy) is 2. The highest BCUT2D eigenvalue weighted by molar-refractivity contribution is 5.67. The Balaban J connectivity index is 1.62. The molecule has 138 valence electrons. The van der Waals surface area contributed by atoms with E-state index >= 15 is 0 Å². The van der Waals surface area contributed by atoms with E-state index in [1.165, 1.54) is 0 Å². The fourth-order valence-corrected chi connectivity index (χ4v) is 2.67. The molecule has 2 rings (SSSR count). The van der Waals surface area contributed by atoms with Crippen molar-refractivity contribution in [2.45, 2.75) is 51.6 Å². The normalized spacial score (nSPS) is 19.2. The molecule has 0 spiro atoms. The fourth-order valence-electron chi connectivity index (χ4n) is 2.67. The number of hydrogen-bond donors (Lipinski definition) is 1. The highest BCUT2D eigenvalue weighted by Gasteiger charge is 2.37. The zero-order valence-corrected chi connectivity index (χ0v) is 15.0. The van der Waals surface area contributed by atoms with E-state index < -0.39 is 17.7 Å². The average Bonchev–Trinajstić information content (AvgIpc) is 3.24. The van der Waals surface area contributed by atoms with Gasteiger partial charge >= 0.3 is 6.09 Å². The van der Waals surface area contributed by atoms with Gasteiger partial charge in [-0.2, -0.15) is 0 Å². The van der Waals surface area contributed by atoms with Crippen molar-refractivity contribution in [3.05, 3.63) is 29.8 Å². The zero-order valence-electron chi connectivity index (χ0n) is 15.0. The van der Waals surface area contributed by atoms with Crippen molar-refractivity contribution in [2.24, 2.45) is 5.92 Å². The molecular formula is C19H26NO5-. The summed E-state index contributed by atoms with van der Waals surface area (Å²) in [5, 5.41) is 13.3. The lowest BCUT2D eigenvalue weighted by molar-refractivity contribution is -0.306. The first kappa shape index (κ1) is 19.1. The molecular weight excluding hydrogens is 322 g/mol. The van der Waals surface area contributed by atoms with Crippen LogP contribution in [0.4, 0.5) is 4.79 Å². The number of carbonyl (C=O) groups excluding carboxylic acids is 2. The topological polar surface area (TPSA) is 87.7 Å². The van der Waals surface area contributed by atoms with Gasteiger partial charge in [0.2, 0.25) is 0 Å². The second-order valence-electron chi connectivity index (χ2n) is 7.38. The van der Waals surface area contributed by atoms with E-state index in [2.05, 4.69) is 5.32 Å². The van der Waals surface area contributed by atoms with Crippen LogP contribution in [0.5, 0.6) is 5.75 Å². The predicted octanol–water partition coefficient (Wildman–Crippen LogP) is 2.22. The summed E-state index contributed by atoms with van der Waals surface area (Å²) in [6, 6.07) is 7.75. The second kappa shape index (κ2) is 8.23. The minimum absolute atomic E-state index is 0.133. The summed E-state index contributed by atoms with van der Waals surface area (Å²) < 4.78 is 10.8. The summed E-state index contributed by atoms with van der Waals surface area (Å²) in [4.78, 5) is 22.1. The maximum atomic E-state index is 11.5. The van der Waals surface area contributed by atoms with Gasteiger partial charge in [-0.1, -0.05) is 12.1 Å². The molecule has 1 N–H and O–H groups in total. The van der Waals surface area contributed by atoms with Crippen LogP contribution in [0.25, 0.3) is 0 Å². The number of carbonyl (C=O) groups is 2. The number of alkyl carbamates (subject to hydrolysis) is 1. The molecule has 0 aliphatic heterocycles. The number of carboxylic acids is 1. The van der Waals surface area contributed by atoms with Gasteiger partial charge in [-0.3, -0.25) is 0 Å². The van der Waals surface area contributed by atoms with E-state index in [9.17, 15) is 14.7 Å². The summed E-state index contributed by atoms with van der Waals surface area (Å²) in [7, 11) is 0. The number of nitrogens with one attached hydrogen (secondary N) is 1. The Morgan fingerprint density at radius 1 is 1.24 bits per heavy atom. The van der Waals surface area contributed by atoms with Gasteiger partial charge in [0.15, 0.2) is 0 Å². The highest BCUT2D eigenvalue weighted by Crippen LogP contribution is 2.49. The first-order valence-electron chi connectivity index (χ1n) is 8.64. The van der Waals surface area contributed by atoms with Crippen molar-refractivity contribution in [3.63, 3.8) is 0 Å². The van der Waals surface area contributed by atoms with Gasteiger partial charge < -0.3 is 24.7 Å². The SMILES string of the molecule is CC(C)(C)OC(=O)NCCCOc1ccc(C2CC2CC(=O)[O-])cc1. The molecule has 1 aromatic rings. The van der Waals surface area contributed by atoms with Gasteiger partial charge in [-0.05, 0) is 69.6 Å². The Morgan fingerprint density at radius 3 is 2.52 bits per heavy atom. The average molecular weight is 348 g/mol. The third-order valence-electron chi connectivity index (χ3n) is 3.92. The molecule has 1 saturated carbocycles. The van der Waals surface area contributed by atoms with Crippen LogP contribution in [0.1, 0.15) is 51.5 Å². The third kappa shape index (κ3) is 7.03. The first-order valence-corrected chi connectivity index (χ1v) is 8.64. The number of carboxylic acid groups (broad SMARTS) is 1. The Kier molecular flexibility index (Phi) is 6.28. The van der Waals surface area contributed by atoms with Gasteiger partial charge in [0, 0.05) is 12.5 Å². The molecule has 2 atom stereocenters. The summed E-state index contributed by atoms with van der Waals surface area (Å²) in [5.74, 6) is 0.311. The number of benzene rings is 1. The first-order chi connectivity index (χ1) is 11.7. The maximum Gasteiger partial charge on any atom is 0.407 e. The van der Waals surface area contributed by atoms with E-state index in [0.717, 1.165) is 17.7 Å². The van der Waals surface area contributed by atoms with Crippen molar-refractivity contribution in [1.29, 1.82) is 0 Å². The van der Waals surface area contributed by atoms with E-state index in [4.69, 9.17) is 9.47 Å². The third-order valence-corrected chi connectivity index (χ3v) is 3.92. The van der Waals surface area contributed by atoms with Crippen molar-refractivity contribution < 1.29 is 24.2 Å². The van der Waals surface area contributed by atoms with Gasteiger partial charge in [0.1, 0.15) is 11.4 Å². The van der Waals surface area contributed by atoms with Crippen molar-refractivity contribution in [3.8, 4) is 5.75 Å². The molecule has 0 radical (unpaired) electrons. The quantitative estimate of drug-likeness (QED) is 0.728. The summed E-state index contributed by atoms with van der Waals surface area (Å²) in [5.41, 5.74) is 0.648. The minimum atomic E-state index is -0.979. The summed E-state index contributed by atoms with van der Waals surface area (Å²) in [6.07, 6.45) is 1.29. The zero-order chi connectivity index (χ0) is 18.4. The van der Waals surface area contributed by atoms with Crippen LogP contribution in [0.3, 0.4) is 0 Å². The fraction of sp³-hybridized carbons (Fsp3) is 0.579. The van der Waals surface area contributed by atoms with Crippen LogP contribution < -0.4 is 15.2 Å². The largest absolute Gasteiger partial charge is 0.550 e. The molecule has 1 aliphatic carbocycles. The van der Waals surface area contributed by atoms with Crippen LogP contribution in [0, 0.1) is 5.92 Å². The number of rotatable bonds is 8. The summed E-state index contributed by atoms with van der Waals surface area (Å²) >= 11 is 0. The number of hydrogen-bond acceptors (Lipinski definition) is 5. The van der Waals surface area contributed by atoms with Crippen LogP contribution in [0.2, 0.25) is 0 Å². The highest BCUT2D eigenvalue weighted by atomic mass is 16.6. The molecule has 1 aliphatic rings. The Bertz CT molecular complexity index is 591. The Labute approximate surface area is 148 Å². The lowest BCUT2D eigenvalue weighted by Crippen LogP contribution is -2.33. The molecule has 1 fully saturated rings. The molecule has 0 saturated heterocycles. The maximum absolute atomic E-state index is 11.5. The molecule has 0 bridgehead atoms. The molecule has 1 amide bonds. The monoisotopic (exact) mass is 348 g/mol. The molecule has 0 heterocycles. The molecule has 6 nitrogen and oxygen atoms in total. The second-order valence-corrected chi connectivity index (χ2v) is 7.38. The van der Waals surface area contributed by atoms with Crippen LogP contribution >= 0.6 is 0 Å². The molecule has 0 aromatic heterocycles. The molecule has 6 heteroatoms. The molecule has 25 heavy (non-hydrogen) atoms. The van der Waals surface area contributed by atoms with Gasteiger partial charge in [-0.25, -0.2) is 4.79 Å². The summed E-state index contributed by atoms with van der Waals surface area (Å²) in [6.45, 7) is 6.44. The minimum Gasteiger partial charge on any atom is -0.550 e. The van der Waals surface area contributed by atoms with E-state index in [1.54, 1.807) is 0 Å². The van der Waals surface area contributed by atoms with E-state index in [-0.39, 0.29) is 12.3 Å². The van der Waals surface area contributed by atoms with Gasteiger partial charge in [0.25, 0.3) is 0 Å². The molecule has 2 unspecified atom stereocenters. The van der Waals surface area contributed by atoms with Crippen LogP contribution in [-0.2, 0) is 9.53 Å². The predicted molar refractivity (Wildman–Crippen MR) is 91.3 cm³/mol. The standard InChI is InChI=1S/C19H27NO5/c1-19(2,3)25-18(23)20-9-4-10-24-15-7-5-13(6-8-15)16-11-14(16)12-17(21)22/h5-8,14,16H,4,9-12H2,1-3H3,(H,20,23)(H,21,22)/p-1. The number of amides is 1. The van der Waals surface area contributed by atoms with E-state index in [1.807, 2.05) is 45.0 Å². The van der Waals surface area contributed by atoms with Gasteiger partial charge in [0.05, 0.1) is 6.61 Å². The van der Waals surface area contributed by atoms with E-state index in [0.29, 0.717) is 25.5 Å². The van der Waals surface area contributed by atoms with Gasteiger partial charge in [-0.15, -0.1) is 0 Å². The lowest BCUT2D eigenvalue weighted by atomic mass is 10.1. The van der Waals surface area contributed by atoms with Crippen LogP contribution in [-0.4, -0.2) is 30.8 Å². The van der Waals surface area contributed by atoms with Crippen molar-refractivity contribution in [2.75, 3.05) is 13.2 Å². The van der Waals surface area contributed by atoms with Crippen molar-refractivity contribution >= 4 is 12.1 Å². The lowest BCUT2D eigenvalue weighted by Gasteiger charge is -2.19. The Morgan fingerprint density at radius 2 is 1.92 bits per heavy atom.